The molecule has 0 bridgehead atoms. The Morgan fingerprint density at radius 2 is 2.07 bits per heavy atom. The molecule has 0 saturated heterocycles. The second-order valence-corrected chi connectivity index (χ2v) is 3.67. The van der Waals surface area contributed by atoms with E-state index in [1.165, 1.54) is 0 Å². The Kier molecular flexibility index (Phi) is 3.41. The Morgan fingerprint density at radius 3 is 2.53 bits per heavy atom. The lowest BCUT2D eigenvalue weighted by Crippen LogP contribution is -2.14. The molecule has 15 heavy (non-hydrogen) atoms. The third-order valence-electron chi connectivity index (χ3n) is 1.56. The van der Waals surface area contributed by atoms with Gasteiger partial charge in [0.05, 0.1) is 4.92 Å². The van der Waals surface area contributed by atoms with Crippen LogP contribution in [0, 0.1) is 17.0 Å². The van der Waals surface area contributed by atoms with Crippen LogP contribution in [-0.2, 0) is 0 Å². The number of hydrogen-bond donors (Lipinski definition) is 1. The molecule has 0 amide bonds. The van der Waals surface area contributed by atoms with Gasteiger partial charge in [0.1, 0.15) is 5.82 Å². The van der Waals surface area contributed by atoms with Gasteiger partial charge in [0, 0.05) is 6.04 Å². The van der Waals surface area contributed by atoms with Gasteiger partial charge in [-0.05, 0) is 20.8 Å². The van der Waals surface area contributed by atoms with E-state index in [-0.39, 0.29) is 22.7 Å². The molecular weight excluding hydrogens is 220 g/mol. The van der Waals surface area contributed by atoms with Gasteiger partial charge in [0.2, 0.25) is 11.0 Å². The van der Waals surface area contributed by atoms with Gasteiger partial charge in [-0.3, -0.25) is 10.1 Å². The second-order valence-electron chi connectivity index (χ2n) is 3.31. The maximum Gasteiger partial charge on any atom is 0.348 e. The summed E-state index contributed by atoms with van der Waals surface area (Å²) in [4.78, 5) is 17.8. The average Bonchev–Trinajstić information content (AvgIpc) is 1.99. The third-order valence-corrected chi connectivity index (χ3v) is 1.82. The van der Waals surface area contributed by atoms with Crippen LogP contribution in [0.2, 0.25) is 5.15 Å². The zero-order valence-electron chi connectivity index (χ0n) is 8.61. The fraction of sp³-hybridized carbons (Fsp3) is 0.500. The Hall–Kier alpha value is -1.43. The molecule has 0 unspecified atom stereocenters. The molecule has 0 spiro atoms. The summed E-state index contributed by atoms with van der Waals surface area (Å²) < 4.78 is 0. The molecule has 7 heteroatoms. The molecule has 1 heterocycles. The van der Waals surface area contributed by atoms with Crippen molar-refractivity contribution >= 4 is 23.1 Å². The van der Waals surface area contributed by atoms with Gasteiger partial charge in [-0.1, -0.05) is 11.6 Å². The van der Waals surface area contributed by atoms with E-state index in [1.54, 1.807) is 6.92 Å². The van der Waals surface area contributed by atoms with Crippen molar-refractivity contribution in [3.63, 3.8) is 0 Å². The van der Waals surface area contributed by atoms with Crippen molar-refractivity contribution in [2.45, 2.75) is 26.8 Å². The van der Waals surface area contributed by atoms with E-state index in [9.17, 15) is 10.1 Å². The summed E-state index contributed by atoms with van der Waals surface area (Å²) in [5.74, 6) is 0.557. The number of rotatable bonds is 3. The maximum absolute atomic E-state index is 10.7. The Balaban J connectivity index is 3.27. The van der Waals surface area contributed by atoms with Crippen molar-refractivity contribution in [3.05, 3.63) is 21.1 Å². The lowest BCUT2D eigenvalue weighted by molar-refractivity contribution is -0.384. The minimum Gasteiger partial charge on any atom is -0.362 e. The summed E-state index contributed by atoms with van der Waals surface area (Å²) >= 11 is 5.68. The first-order valence-corrected chi connectivity index (χ1v) is 4.74. The van der Waals surface area contributed by atoms with Crippen LogP contribution in [0.3, 0.4) is 0 Å². The van der Waals surface area contributed by atoms with E-state index in [1.807, 2.05) is 13.8 Å². The molecule has 0 saturated carbocycles. The number of nitro groups is 1. The first kappa shape index (κ1) is 11.6. The topological polar surface area (TPSA) is 81.0 Å². The Labute approximate surface area is 91.8 Å². The van der Waals surface area contributed by atoms with E-state index in [4.69, 9.17) is 11.6 Å². The first-order valence-electron chi connectivity index (χ1n) is 4.37. The quantitative estimate of drug-likeness (QED) is 0.489. The molecule has 0 radical (unpaired) electrons. The lowest BCUT2D eigenvalue weighted by atomic mass is 10.3. The van der Waals surface area contributed by atoms with Gasteiger partial charge in [0.15, 0.2) is 0 Å². The van der Waals surface area contributed by atoms with Crippen LogP contribution >= 0.6 is 11.6 Å². The Bertz CT molecular complexity index is 394. The summed E-state index contributed by atoms with van der Waals surface area (Å²) in [6.07, 6.45) is 0. The van der Waals surface area contributed by atoms with Gasteiger partial charge in [-0.2, -0.15) is 0 Å². The standard InChI is InChI=1S/C8H11ClN4O2/c1-4(2)10-8-6(13(14)15)7(9)11-5(3)12-8/h4H,1-3H3,(H,10,11,12). The van der Waals surface area contributed by atoms with E-state index in [0.29, 0.717) is 5.82 Å². The van der Waals surface area contributed by atoms with E-state index in [0.717, 1.165) is 0 Å². The van der Waals surface area contributed by atoms with Crippen LogP contribution in [-0.4, -0.2) is 20.9 Å². The SMILES string of the molecule is Cc1nc(Cl)c([N+](=O)[O-])c(NC(C)C)n1. The van der Waals surface area contributed by atoms with Crippen LogP contribution in [0.15, 0.2) is 0 Å². The van der Waals surface area contributed by atoms with Crippen LogP contribution < -0.4 is 5.32 Å². The normalized spacial score (nSPS) is 10.5. The number of hydrogen-bond acceptors (Lipinski definition) is 5. The molecule has 6 nitrogen and oxygen atoms in total. The van der Waals surface area contributed by atoms with Gasteiger partial charge in [0.25, 0.3) is 0 Å². The largest absolute Gasteiger partial charge is 0.362 e. The Morgan fingerprint density at radius 1 is 1.47 bits per heavy atom. The summed E-state index contributed by atoms with van der Waals surface area (Å²) in [5, 5.41) is 13.5. The number of nitrogens with zero attached hydrogens (tertiary/aromatic N) is 3. The van der Waals surface area contributed by atoms with Gasteiger partial charge < -0.3 is 5.32 Å². The number of anilines is 1. The van der Waals surface area contributed by atoms with Crippen molar-refractivity contribution < 1.29 is 4.92 Å². The fourth-order valence-corrected chi connectivity index (χ4v) is 1.35. The number of aromatic nitrogens is 2. The van der Waals surface area contributed by atoms with Crippen molar-refractivity contribution in [1.82, 2.24) is 9.97 Å². The fourth-order valence-electron chi connectivity index (χ4n) is 1.07. The predicted octanol–water partition coefficient (Wildman–Crippen LogP) is 2.17. The van der Waals surface area contributed by atoms with Gasteiger partial charge >= 0.3 is 5.69 Å². The molecule has 1 aromatic rings. The summed E-state index contributed by atoms with van der Waals surface area (Å²) in [6.45, 7) is 5.34. The van der Waals surface area contributed by atoms with Crippen LogP contribution in [0.4, 0.5) is 11.5 Å². The molecule has 82 valence electrons. The highest BCUT2D eigenvalue weighted by Crippen LogP contribution is 2.29. The van der Waals surface area contributed by atoms with Gasteiger partial charge in [-0.25, -0.2) is 9.97 Å². The molecule has 0 aromatic carbocycles. The maximum atomic E-state index is 10.7. The summed E-state index contributed by atoms with van der Waals surface area (Å²) in [5.41, 5.74) is -0.282. The third kappa shape index (κ3) is 2.76. The molecule has 0 fully saturated rings. The van der Waals surface area contributed by atoms with Crippen molar-refractivity contribution in [2.75, 3.05) is 5.32 Å². The molecule has 1 rings (SSSR count). The van der Waals surface area contributed by atoms with Crippen LogP contribution in [0.1, 0.15) is 19.7 Å². The first-order chi connectivity index (χ1) is 6.91. The summed E-state index contributed by atoms with van der Waals surface area (Å²) in [6, 6.07) is 0.0362. The predicted molar refractivity (Wildman–Crippen MR) is 57.2 cm³/mol. The van der Waals surface area contributed by atoms with E-state index in [2.05, 4.69) is 15.3 Å². The molecule has 0 aliphatic carbocycles. The molecule has 0 aliphatic heterocycles. The monoisotopic (exact) mass is 230 g/mol. The highest BCUT2D eigenvalue weighted by Gasteiger charge is 2.22. The lowest BCUT2D eigenvalue weighted by Gasteiger charge is -2.09. The van der Waals surface area contributed by atoms with Crippen molar-refractivity contribution in [2.24, 2.45) is 0 Å². The molecule has 0 atom stereocenters. The van der Waals surface area contributed by atoms with Crippen molar-refractivity contribution in [3.8, 4) is 0 Å². The number of aryl methyl sites for hydroxylation is 1. The zero-order chi connectivity index (χ0) is 11.6. The van der Waals surface area contributed by atoms with Crippen molar-refractivity contribution in [1.29, 1.82) is 0 Å². The van der Waals surface area contributed by atoms with Gasteiger partial charge in [-0.15, -0.1) is 0 Å². The van der Waals surface area contributed by atoms with Crippen LogP contribution in [0.25, 0.3) is 0 Å². The molecule has 1 N–H and O–H groups in total. The average molecular weight is 231 g/mol. The number of nitrogens with one attached hydrogen (secondary N) is 1. The molecular formula is C8H11ClN4O2. The minimum absolute atomic E-state index is 0.0362. The van der Waals surface area contributed by atoms with Crippen LogP contribution in [0.5, 0.6) is 0 Å². The highest BCUT2D eigenvalue weighted by atomic mass is 35.5. The van der Waals surface area contributed by atoms with E-state index >= 15 is 0 Å². The zero-order valence-corrected chi connectivity index (χ0v) is 9.37. The summed E-state index contributed by atoms with van der Waals surface area (Å²) in [7, 11) is 0. The smallest absolute Gasteiger partial charge is 0.348 e. The second kappa shape index (κ2) is 4.39. The number of halogens is 1. The molecule has 0 aliphatic rings. The highest BCUT2D eigenvalue weighted by molar-refractivity contribution is 6.31. The van der Waals surface area contributed by atoms with E-state index < -0.39 is 4.92 Å². The minimum atomic E-state index is -0.591. The molecule has 1 aromatic heterocycles.